The van der Waals surface area contributed by atoms with Gasteiger partial charge in [-0.3, -0.25) is 9.69 Å². The number of thioether (sulfide) groups is 1. The smallest absolute Gasteiger partial charge is 0.267 e. The average molecular weight is 465 g/mol. The molecule has 0 radical (unpaired) electrons. The molecule has 6 heteroatoms. The molecule has 2 aromatic carbocycles. The SMILES string of the molecule is CCCOc1c(/C=C2/SC(=Nc3ccc(C)cc3)N(C3CCCCC3)C2=O)cccc1OC. The van der Waals surface area contributed by atoms with Gasteiger partial charge in [-0.05, 0) is 62.2 Å². The van der Waals surface area contributed by atoms with Gasteiger partial charge >= 0.3 is 0 Å². The number of amides is 1. The molecular formula is C27H32N2O3S. The van der Waals surface area contributed by atoms with Crippen LogP contribution in [-0.4, -0.2) is 35.7 Å². The number of carbonyl (C=O) groups is 1. The molecule has 0 aromatic heterocycles. The monoisotopic (exact) mass is 464 g/mol. The summed E-state index contributed by atoms with van der Waals surface area (Å²) >= 11 is 1.45. The fourth-order valence-electron chi connectivity index (χ4n) is 4.26. The lowest BCUT2D eigenvalue weighted by Crippen LogP contribution is -2.40. The number of amidine groups is 1. The Hall–Kier alpha value is -2.73. The Labute approximate surface area is 200 Å². The summed E-state index contributed by atoms with van der Waals surface area (Å²) in [7, 11) is 1.64. The van der Waals surface area contributed by atoms with Crippen molar-refractivity contribution in [3.8, 4) is 11.5 Å². The maximum atomic E-state index is 13.6. The van der Waals surface area contributed by atoms with Crippen molar-refractivity contribution in [3.05, 3.63) is 58.5 Å². The molecule has 2 fully saturated rings. The van der Waals surface area contributed by atoms with Crippen molar-refractivity contribution in [1.82, 2.24) is 4.90 Å². The molecule has 4 rings (SSSR count). The van der Waals surface area contributed by atoms with Crippen molar-refractivity contribution >= 4 is 34.6 Å². The normalized spacial score (nSPS) is 19.5. The third kappa shape index (κ3) is 5.44. The number of methoxy groups -OCH3 is 1. The molecule has 1 saturated carbocycles. The van der Waals surface area contributed by atoms with Crippen LogP contribution < -0.4 is 9.47 Å². The lowest BCUT2D eigenvalue weighted by atomic mass is 9.94. The highest BCUT2D eigenvalue weighted by Crippen LogP contribution is 2.40. The summed E-state index contributed by atoms with van der Waals surface area (Å²) in [6.45, 7) is 4.72. The van der Waals surface area contributed by atoms with Gasteiger partial charge < -0.3 is 9.47 Å². The number of carbonyl (C=O) groups excluding carboxylic acids is 1. The van der Waals surface area contributed by atoms with Gasteiger partial charge in [-0.1, -0.05) is 56.0 Å². The number of nitrogens with zero attached hydrogens (tertiary/aromatic N) is 2. The van der Waals surface area contributed by atoms with Gasteiger partial charge in [0.05, 0.1) is 24.3 Å². The summed E-state index contributed by atoms with van der Waals surface area (Å²) in [4.78, 5) is 21.1. The zero-order valence-electron chi connectivity index (χ0n) is 19.7. The molecule has 2 aromatic rings. The average Bonchev–Trinajstić information content (AvgIpc) is 3.14. The first kappa shape index (κ1) is 23.4. The zero-order valence-corrected chi connectivity index (χ0v) is 20.5. The van der Waals surface area contributed by atoms with Crippen LogP contribution in [0.5, 0.6) is 11.5 Å². The largest absolute Gasteiger partial charge is 0.493 e. The molecule has 1 aliphatic carbocycles. The highest BCUT2D eigenvalue weighted by atomic mass is 32.2. The van der Waals surface area contributed by atoms with E-state index in [1.54, 1.807) is 7.11 Å². The molecule has 1 amide bonds. The molecule has 0 bridgehead atoms. The van der Waals surface area contributed by atoms with E-state index in [9.17, 15) is 4.79 Å². The van der Waals surface area contributed by atoms with Gasteiger partial charge in [-0.15, -0.1) is 0 Å². The summed E-state index contributed by atoms with van der Waals surface area (Å²) in [6.07, 6.45) is 8.41. The van der Waals surface area contributed by atoms with Crippen molar-refractivity contribution in [2.75, 3.05) is 13.7 Å². The van der Waals surface area contributed by atoms with Crippen molar-refractivity contribution in [1.29, 1.82) is 0 Å². The van der Waals surface area contributed by atoms with Gasteiger partial charge in [-0.25, -0.2) is 4.99 Å². The van der Waals surface area contributed by atoms with Crippen LogP contribution in [0.15, 0.2) is 52.4 Å². The molecule has 33 heavy (non-hydrogen) atoms. The van der Waals surface area contributed by atoms with Crippen LogP contribution in [0.4, 0.5) is 5.69 Å². The van der Waals surface area contributed by atoms with Crippen LogP contribution >= 0.6 is 11.8 Å². The molecule has 5 nitrogen and oxygen atoms in total. The number of aryl methyl sites for hydroxylation is 1. The zero-order chi connectivity index (χ0) is 23.2. The van der Waals surface area contributed by atoms with Crippen molar-refractivity contribution in [2.24, 2.45) is 4.99 Å². The second kappa shape index (κ2) is 10.9. The Morgan fingerprint density at radius 3 is 2.58 bits per heavy atom. The number of hydrogen-bond donors (Lipinski definition) is 0. The number of aliphatic imine (C=N–C) groups is 1. The van der Waals surface area contributed by atoms with E-state index in [0.29, 0.717) is 23.0 Å². The van der Waals surface area contributed by atoms with Crippen LogP contribution in [0.25, 0.3) is 6.08 Å². The molecule has 1 aliphatic heterocycles. The minimum atomic E-state index is 0.0297. The molecule has 0 unspecified atom stereocenters. The van der Waals surface area contributed by atoms with Crippen LogP contribution in [0, 0.1) is 6.92 Å². The molecule has 0 spiro atoms. The number of ether oxygens (including phenoxy) is 2. The quantitative estimate of drug-likeness (QED) is 0.426. The van der Waals surface area contributed by atoms with E-state index < -0.39 is 0 Å². The Kier molecular flexibility index (Phi) is 7.76. The number of para-hydroxylation sites is 1. The molecule has 174 valence electrons. The topological polar surface area (TPSA) is 51.1 Å². The van der Waals surface area contributed by atoms with E-state index in [2.05, 4.69) is 26.0 Å². The predicted octanol–water partition coefficient (Wildman–Crippen LogP) is 6.73. The standard InChI is InChI=1S/C27H32N2O3S/c1-4-17-32-25-20(9-8-12-23(25)31-3)18-24-26(30)29(22-10-6-5-7-11-22)27(33-24)28-21-15-13-19(2)14-16-21/h8-9,12-16,18,22H,4-7,10-11,17H2,1-3H3/b24-18+,28-27?. The summed E-state index contributed by atoms with van der Waals surface area (Å²) in [6, 6.07) is 14.1. The number of rotatable bonds is 7. The Morgan fingerprint density at radius 1 is 1.12 bits per heavy atom. The van der Waals surface area contributed by atoms with Gasteiger partial charge in [0, 0.05) is 11.6 Å². The second-order valence-corrected chi connectivity index (χ2v) is 9.54. The van der Waals surface area contributed by atoms with E-state index in [0.717, 1.165) is 48.5 Å². The molecule has 0 N–H and O–H groups in total. The Balaban J connectivity index is 1.72. The van der Waals surface area contributed by atoms with E-state index >= 15 is 0 Å². The summed E-state index contributed by atoms with van der Waals surface area (Å²) in [5.74, 6) is 1.38. The maximum absolute atomic E-state index is 13.6. The Morgan fingerprint density at radius 2 is 1.88 bits per heavy atom. The minimum Gasteiger partial charge on any atom is -0.493 e. The minimum absolute atomic E-state index is 0.0297. The predicted molar refractivity (Wildman–Crippen MR) is 136 cm³/mol. The third-order valence-corrected chi connectivity index (χ3v) is 6.98. The van der Waals surface area contributed by atoms with Crippen molar-refractivity contribution in [2.45, 2.75) is 58.4 Å². The van der Waals surface area contributed by atoms with E-state index in [4.69, 9.17) is 14.5 Å². The van der Waals surface area contributed by atoms with Gasteiger partial charge in [0.25, 0.3) is 5.91 Å². The fourth-order valence-corrected chi connectivity index (χ4v) is 5.31. The van der Waals surface area contributed by atoms with Crippen molar-refractivity contribution in [3.63, 3.8) is 0 Å². The number of benzene rings is 2. The number of hydrogen-bond acceptors (Lipinski definition) is 5. The van der Waals surface area contributed by atoms with Gasteiger partial charge in [0.2, 0.25) is 0 Å². The van der Waals surface area contributed by atoms with Gasteiger partial charge in [0.1, 0.15) is 0 Å². The van der Waals surface area contributed by atoms with E-state index in [1.165, 1.54) is 23.7 Å². The first-order valence-corrected chi connectivity index (χ1v) is 12.6. The molecule has 2 aliphatic rings. The molecule has 1 heterocycles. The first-order valence-electron chi connectivity index (χ1n) is 11.8. The van der Waals surface area contributed by atoms with E-state index in [1.807, 2.05) is 41.3 Å². The molecular weight excluding hydrogens is 432 g/mol. The highest BCUT2D eigenvalue weighted by Gasteiger charge is 2.38. The van der Waals surface area contributed by atoms with Gasteiger partial charge in [-0.2, -0.15) is 0 Å². The highest BCUT2D eigenvalue weighted by molar-refractivity contribution is 8.18. The van der Waals surface area contributed by atoms with Gasteiger partial charge in [0.15, 0.2) is 16.7 Å². The fraction of sp³-hybridized carbons (Fsp3) is 0.407. The summed E-state index contributed by atoms with van der Waals surface area (Å²) in [5, 5.41) is 0.765. The molecule has 0 atom stereocenters. The summed E-state index contributed by atoms with van der Waals surface area (Å²) < 4.78 is 11.5. The second-order valence-electron chi connectivity index (χ2n) is 8.53. The lowest BCUT2D eigenvalue weighted by molar-refractivity contribution is -0.124. The van der Waals surface area contributed by atoms with Crippen LogP contribution in [0.2, 0.25) is 0 Å². The third-order valence-electron chi connectivity index (χ3n) is 6.00. The molecule has 1 saturated heterocycles. The van der Waals surface area contributed by atoms with Crippen LogP contribution in [0.1, 0.15) is 56.6 Å². The lowest BCUT2D eigenvalue weighted by Gasteiger charge is -2.30. The van der Waals surface area contributed by atoms with Crippen LogP contribution in [0.3, 0.4) is 0 Å². The van der Waals surface area contributed by atoms with E-state index in [-0.39, 0.29) is 11.9 Å². The van der Waals surface area contributed by atoms with Crippen molar-refractivity contribution < 1.29 is 14.3 Å². The Bertz CT molecular complexity index is 1040. The van der Waals surface area contributed by atoms with Crippen LogP contribution in [-0.2, 0) is 4.79 Å². The summed E-state index contributed by atoms with van der Waals surface area (Å²) in [5.41, 5.74) is 2.90. The first-order chi connectivity index (χ1) is 16.1. The maximum Gasteiger partial charge on any atom is 0.267 e.